The van der Waals surface area contributed by atoms with Crippen molar-refractivity contribution in [3.8, 4) is 0 Å². The number of rotatable bonds is 6. The van der Waals surface area contributed by atoms with Crippen LogP contribution in [0.3, 0.4) is 0 Å². The molecular formula is C12H20N2O2. The van der Waals surface area contributed by atoms with Gasteiger partial charge in [-0.2, -0.15) is 0 Å². The number of hydrogen-bond acceptors (Lipinski definition) is 3. The lowest BCUT2D eigenvalue weighted by molar-refractivity contribution is -0.125. The van der Waals surface area contributed by atoms with Crippen molar-refractivity contribution in [3.05, 3.63) is 24.2 Å². The van der Waals surface area contributed by atoms with Crippen LogP contribution < -0.4 is 11.1 Å². The second-order valence-corrected chi connectivity index (χ2v) is 4.08. The number of carbonyl (C=O) groups excluding carboxylic acids is 1. The molecule has 90 valence electrons. The zero-order valence-corrected chi connectivity index (χ0v) is 9.90. The lowest BCUT2D eigenvalue weighted by Gasteiger charge is -2.15. The minimum atomic E-state index is -0.0807. The van der Waals surface area contributed by atoms with Crippen molar-refractivity contribution in [3.63, 3.8) is 0 Å². The first-order valence-corrected chi connectivity index (χ1v) is 5.69. The Bertz CT molecular complexity index is 309. The molecule has 4 nitrogen and oxygen atoms in total. The van der Waals surface area contributed by atoms with Crippen molar-refractivity contribution in [2.24, 2.45) is 11.7 Å². The van der Waals surface area contributed by atoms with Gasteiger partial charge < -0.3 is 15.5 Å². The van der Waals surface area contributed by atoms with Gasteiger partial charge in [-0.1, -0.05) is 6.92 Å². The van der Waals surface area contributed by atoms with Crippen LogP contribution in [-0.4, -0.2) is 12.5 Å². The number of nitrogens with two attached hydrogens (primary N) is 1. The Morgan fingerprint density at radius 2 is 2.31 bits per heavy atom. The summed E-state index contributed by atoms with van der Waals surface area (Å²) in [5.74, 6) is 0.831. The first-order chi connectivity index (χ1) is 7.65. The Balaban J connectivity index is 2.39. The summed E-state index contributed by atoms with van der Waals surface area (Å²) in [6, 6.07) is 3.59. The second kappa shape index (κ2) is 6.33. The summed E-state index contributed by atoms with van der Waals surface area (Å²) in [5.41, 5.74) is 5.41. The maximum absolute atomic E-state index is 11.8. The predicted molar refractivity (Wildman–Crippen MR) is 62.7 cm³/mol. The lowest BCUT2D eigenvalue weighted by atomic mass is 10.0. The molecule has 1 amide bonds. The average molecular weight is 224 g/mol. The van der Waals surface area contributed by atoms with Crippen LogP contribution in [0.15, 0.2) is 22.8 Å². The van der Waals surface area contributed by atoms with Crippen molar-refractivity contribution in [1.29, 1.82) is 0 Å². The normalized spacial score (nSPS) is 14.4. The van der Waals surface area contributed by atoms with Gasteiger partial charge in [0.2, 0.25) is 5.91 Å². The highest BCUT2D eigenvalue weighted by molar-refractivity contribution is 5.78. The fourth-order valence-corrected chi connectivity index (χ4v) is 1.52. The van der Waals surface area contributed by atoms with Crippen LogP contribution in [0.2, 0.25) is 0 Å². The van der Waals surface area contributed by atoms with E-state index in [1.165, 1.54) is 0 Å². The zero-order chi connectivity index (χ0) is 12.0. The average Bonchev–Trinajstić information content (AvgIpc) is 2.79. The number of carbonyl (C=O) groups is 1. The van der Waals surface area contributed by atoms with Gasteiger partial charge in [-0.05, 0) is 38.4 Å². The first kappa shape index (κ1) is 12.8. The second-order valence-electron chi connectivity index (χ2n) is 4.08. The van der Waals surface area contributed by atoms with Gasteiger partial charge in [0, 0.05) is 5.92 Å². The first-order valence-electron chi connectivity index (χ1n) is 5.69. The summed E-state index contributed by atoms with van der Waals surface area (Å²) in [7, 11) is 0. The summed E-state index contributed by atoms with van der Waals surface area (Å²) < 4.78 is 5.22. The fourth-order valence-electron chi connectivity index (χ4n) is 1.52. The van der Waals surface area contributed by atoms with E-state index in [0.717, 1.165) is 18.6 Å². The Kier molecular flexibility index (Phi) is 5.05. The maximum Gasteiger partial charge on any atom is 0.223 e. The molecule has 2 atom stereocenters. The van der Waals surface area contributed by atoms with Crippen LogP contribution in [0, 0.1) is 5.92 Å². The molecule has 0 saturated carbocycles. The third-order valence-corrected chi connectivity index (χ3v) is 2.62. The van der Waals surface area contributed by atoms with Gasteiger partial charge in [-0.3, -0.25) is 4.79 Å². The van der Waals surface area contributed by atoms with Crippen molar-refractivity contribution in [1.82, 2.24) is 5.32 Å². The summed E-state index contributed by atoms with van der Waals surface area (Å²) in [6.07, 6.45) is 3.31. The molecule has 3 N–H and O–H groups in total. The van der Waals surface area contributed by atoms with E-state index >= 15 is 0 Å². The smallest absolute Gasteiger partial charge is 0.223 e. The third-order valence-electron chi connectivity index (χ3n) is 2.62. The van der Waals surface area contributed by atoms with E-state index in [4.69, 9.17) is 10.2 Å². The summed E-state index contributed by atoms with van der Waals surface area (Å²) in [5, 5.41) is 2.92. The molecule has 0 saturated heterocycles. The fraction of sp³-hybridized carbons (Fsp3) is 0.583. The molecule has 0 aromatic carbocycles. The highest BCUT2D eigenvalue weighted by atomic mass is 16.3. The van der Waals surface area contributed by atoms with E-state index in [0.29, 0.717) is 6.54 Å². The molecule has 1 aromatic heterocycles. The van der Waals surface area contributed by atoms with Crippen LogP contribution in [0.25, 0.3) is 0 Å². The maximum atomic E-state index is 11.8. The van der Waals surface area contributed by atoms with E-state index in [1.807, 2.05) is 26.0 Å². The Labute approximate surface area is 96.2 Å². The van der Waals surface area contributed by atoms with E-state index in [-0.39, 0.29) is 17.9 Å². The van der Waals surface area contributed by atoms with Crippen LogP contribution in [0.4, 0.5) is 0 Å². The van der Waals surface area contributed by atoms with Crippen molar-refractivity contribution >= 4 is 5.91 Å². The molecule has 0 fully saturated rings. The minimum Gasteiger partial charge on any atom is -0.467 e. The number of nitrogens with one attached hydrogen (secondary N) is 1. The molecule has 1 unspecified atom stereocenters. The molecule has 1 rings (SSSR count). The van der Waals surface area contributed by atoms with Crippen LogP contribution >= 0.6 is 0 Å². The molecule has 0 spiro atoms. The molecule has 1 aromatic rings. The quantitative estimate of drug-likeness (QED) is 0.774. The van der Waals surface area contributed by atoms with Gasteiger partial charge in [0.05, 0.1) is 12.3 Å². The van der Waals surface area contributed by atoms with Gasteiger partial charge in [0.1, 0.15) is 5.76 Å². The largest absolute Gasteiger partial charge is 0.467 e. The summed E-state index contributed by atoms with van der Waals surface area (Å²) in [6.45, 7) is 4.46. The number of amides is 1. The Morgan fingerprint density at radius 1 is 1.56 bits per heavy atom. The van der Waals surface area contributed by atoms with E-state index < -0.39 is 0 Å². The van der Waals surface area contributed by atoms with Gasteiger partial charge in [-0.25, -0.2) is 0 Å². The molecule has 0 aliphatic rings. The monoisotopic (exact) mass is 224 g/mol. The molecule has 1 heterocycles. The van der Waals surface area contributed by atoms with Crippen molar-refractivity contribution < 1.29 is 9.21 Å². The van der Waals surface area contributed by atoms with E-state index in [9.17, 15) is 4.79 Å². The molecule has 0 bridgehead atoms. The van der Waals surface area contributed by atoms with Crippen molar-refractivity contribution in [2.75, 3.05) is 6.54 Å². The highest BCUT2D eigenvalue weighted by Crippen LogP contribution is 2.14. The molecule has 0 radical (unpaired) electrons. The Morgan fingerprint density at radius 3 is 2.88 bits per heavy atom. The van der Waals surface area contributed by atoms with E-state index in [2.05, 4.69) is 5.32 Å². The SMILES string of the molecule is CC(CCCN)C(=O)N[C@H](C)c1ccco1. The topological polar surface area (TPSA) is 68.3 Å². The third kappa shape index (κ3) is 3.70. The number of furan rings is 1. The van der Waals surface area contributed by atoms with Crippen LogP contribution in [0.1, 0.15) is 38.5 Å². The Hall–Kier alpha value is -1.29. The van der Waals surface area contributed by atoms with E-state index in [1.54, 1.807) is 6.26 Å². The zero-order valence-electron chi connectivity index (χ0n) is 9.90. The van der Waals surface area contributed by atoms with Gasteiger partial charge in [0.25, 0.3) is 0 Å². The lowest BCUT2D eigenvalue weighted by Crippen LogP contribution is -2.31. The minimum absolute atomic E-state index is 0.000891. The van der Waals surface area contributed by atoms with Crippen molar-refractivity contribution in [2.45, 2.75) is 32.7 Å². The molecule has 4 heteroatoms. The molecule has 0 aliphatic heterocycles. The molecule has 16 heavy (non-hydrogen) atoms. The van der Waals surface area contributed by atoms with Gasteiger partial charge in [0.15, 0.2) is 0 Å². The van der Waals surface area contributed by atoms with Crippen LogP contribution in [-0.2, 0) is 4.79 Å². The molecular weight excluding hydrogens is 204 g/mol. The number of hydrogen-bond donors (Lipinski definition) is 2. The van der Waals surface area contributed by atoms with Gasteiger partial charge >= 0.3 is 0 Å². The highest BCUT2D eigenvalue weighted by Gasteiger charge is 2.16. The summed E-state index contributed by atoms with van der Waals surface area (Å²) in [4.78, 5) is 11.8. The van der Waals surface area contributed by atoms with Gasteiger partial charge in [-0.15, -0.1) is 0 Å². The predicted octanol–water partition coefficient (Wildman–Crippen LogP) is 1.83. The standard InChI is InChI=1S/C12H20N2O2/c1-9(5-3-7-13)12(15)14-10(2)11-6-4-8-16-11/h4,6,8-10H,3,5,7,13H2,1-2H3,(H,14,15)/t9?,10-/m1/s1. The van der Waals surface area contributed by atoms with Crippen LogP contribution in [0.5, 0.6) is 0 Å². The summed E-state index contributed by atoms with van der Waals surface area (Å²) >= 11 is 0. The molecule has 0 aliphatic carbocycles.